The summed E-state index contributed by atoms with van der Waals surface area (Å²) in [4.78, 5) is 0. The number of hydrogen-bond donors (Lipinski definition) is 0. The molecule has 0 heterocycles. The molecule has 0 aliphatic carbocycles. The third kappa shape index (κ3) is 4.43. The topological polar surface area (TPSA) is 43.4 Å². The monoisotopic (exact) mass is 288 g/mol. The predicted molar refractivity (Wildman–Crippen MR) is 56.3 cm³/mol. The minimum atomic E-state index is -4.77. The van der Waals surface area contributed by atoms with Gasteiger partial charge in [-0.1, -0.05) is 12.1 Å². The molecule has 0 aliphatic rings. The van der Waals surface area contributed by atoms with Crippen molar-refractivity contribution in [2.45, 2.75) is 18.5 Å². The summed E-state index contributed by atoms with van der Waals surface area (Å²) in [6.45, 7) is 1.34. The molecule has 0 fully saturated rings. The first-order chi connectivity index (χ1) is 7.59. The van der Waals surface area contributed by atoms with Crippen molar-refractivity contribution in [2.75, 3.05) is 0 Å². The Morgan fingerprint density at radius 2 is 1.71 bits per heavy atom. The quantitative estimate of drug-likeness (QED) is 0.802. The van der Waals surface area contributed by atoms with E-state index < -0.39 is 26.4 Å². The van der Waals surface area contributed by atoms with Gasteiger partial charge in [-0.2, -0.15) is 0 Å². The fourth-order valence-electron chi connectivity index (χ4n) is 1.10. The van der Waals surface area contributed by atoms with Crippen molar-refractivity contribution in [1.82, 2.24) is 0 Å². The van der Waals surface area contributed by atoms with Crippen LogP contribution in [0.4, 0.5) is 13.2 Å². The lowest BCUT2D eigenvalue weighted by atomic mass is 10.2. The van der Waals surface area contributed by atoms with Gasteiger partial charge in [0.1, 0.15) is 5.75 Å². The normalized spacial score (nSPS) is 14.4. The average Bonchev–Trinajstić information content (AvgIpc) is 2.14. The molecule has 0 N–H and O–H groups in total. The van der Waals surface area contributed by atoms with Gasteiger partial charge in [-0.05, 0) is 24.6 Å². The van der Waals surface area contributed by atoms with Crippen LogP contribution in [0.1, 0.15) is 17.7 Å². The number of ether oxygens (including phenoxy) is 1. The Labute approximate surface area is 101 Å². The van der Waals surface area contributed by atoms with Gasteiger partial charge in [0.15, 0.2) is 0 Å². The summed E-state index contributed by atoms with van der Waals surface area (Å²) in [6, 6.07) is 4.49. The third-order valence-electron chi connectivity index (χ3n) is 2.01. The lowest BCUT2D eigenvalue weighted by Crippen LogP contribution is -2.17. The SMILES string of the molecule is CC(c1ccc(OC(F)(F)F)cc1)S(=O)(=O)Cl. The molecule has 1 atom stereocenters. The number of benzene rings is 1. The van der Waals surface area contributed by atoms with E-state index in [1.54, 1.807) is 0 Å². The zero-order valence-electron chi connectivity index (χ0n) is 8.53. The fraction of sp³-hybridized carbons (Fsp3) is 0.333. The molecule has 0 saturated carbocycles. The van der Waals surface area contributed by atoms with Crippen molar-refractivity contribution in [1.29, 1.82) is 0 Å². The number of alkyl halides is 3. The standard InChI is InChI=1S/C9H8ClF3O3S/c1-6(17(10,14)15)7-2-4-8(5-3-7)16-9(11,12)13/h2-6H,1H3. The number of rotatable bonds is 3. The van der Waals surface area contributed by atoms with Crippen LogP contribution >= 0.6 is 10.7 Å². The largest absolute Gasteiger partial charge is 0.573 e. The smallest absolute Gasteiger partial charge is 0.406 e. The predicted octanol–water partition coefficient (Wildman–Crippen LogP) is 3.21. The van der Waals surface area contributed by atoms with Crippen molar-refractivity contribution < 1.29 is 26.3 Å². The zero-order chi connectivity index (χ0) is 13.3. The van der Waals surface area contributed by atoms with Gasteiger partial charge in [0.05, 0.1) is 5.25 Å². The molecular weight excluding hydrogens is 281 g/mol. The Kier molecular flexibility index (Phi) is 3.93. The van der Waals surface area contributed by atoms with Crippen LogP contribution in [0.5, 0.6) is 5.75 Å². The van der Waals surface area contributed by atoms with E-state index in [9.17, 15) is 21.6 Å². The minimum absolute atomic E-state index is 0.287. The highest BCUT2D eigenvalue weighted by molar-refractivity contribution is 8.13. The molecular formula is C9H8ClF3O3S. The minimum Gasteiger partial charge on any atom is -0.406 e. The summed E-state index contributed by atoms with van der Waals surface area (Å²) in [5.74, 6) is -0.416. The summed E-state index contributed by atoms with van der Waals surface area (Å²) < 4.78 is 61.2. The molecule has 3 nitrogen and oxygen atoms in total. The Morgan fingerprint density at radius 1 is 1.24 bits per heavy atom. The van der Waals surface area contributed by atoms with E-state index in [4.69, 9.17) is 10.7 Å². The fourth-order valence-corrected chi connectivity index (χ4v) is 1.89. The second kappa shape index (κ2) is 4.73. The highest BCUT2D eigenvalue weighted by Crippen LogP contribution is 2.28. The van der Waals surface area contributed by atoms with E-state index in [1.807, 2.05) is 0 Å². The van der Waals surface area contributed by atoms with Crippen molar-refractivity contribution in [2.24, 2.45) is 0 Å². The summed E-state index contributed by atoms with van der Waals surface area (Å²) in [5, 5.41) is -0.996. The molecule has 0 amide bonds. The average molecular weight is 289 g/mol. The molecule has 1 aromatic carbocycles. The van der Waals surface area contributed by atoms with Crippen LogP contribution in [0, 0.1) is 0 Å². The van der Waals surface area contributed by atoms with Crippen molar-refractivity contribution >= 4 is 19.7 Å². The molecule has 96 valence electrons. The van der Waals surface area contributed by atoms with Gasteiger partial charge in [0, 0.05) is 10.7 Å². The molecule has 8 heteroatoms. The summed E-state index contributed by atoms with van der Waals surface area (Å²) in [5.41, 5.74) is 0.287. The van der Waals surface area contributed by atoms with E-state index in [2.05, 4.69) is 4.74 Å². The third-order valence-corrected chi connectivity index (χ3v) is 3.92. The Bertz CT molecular complexity index is 481. The maximum atomic E-state index is 11.9. The molecule has 1 rings (SSSR count). The van der Waals surface area contributed by atoms with Crippen LogP contribution < -0.4 is 4.74 Å². The molecule has 1 unspecified atom stereocenters. The van der Waals surface area contributed by atoms with Crippen LogP contribution in [0.25, 0.3) is 0 Å². The van der Waals surface area contributed by atoms with Crippen molar-refractivity contribution in [3.63, 3.8) is 0 Å². The molecule has 0 spiro atoms. The molecule has 0 aliphatic heterocycles. The van der Waals surface area contributed by atoms with Crippen LogP contribution in [-0.4, -0.2) is 14.8 Å². The van der Waals surface area contributed by atoms with Gasteiger partial charge in [-0.3, -0.25) is 0 Å². The van der Waals surface area contributed by atoms with Gasteiger partial charge >= 0.3 is 6.36 Å². The molecule has 0 aromatic heterocycles. The lowest BCUT2D eigenvalue weighted by molar-refractivity contribution is -0.274. The molecule has 1 aromatic rings. The van der Waals surface area contributed by atoms with Crippen LogP contribution in [0.3, 0.4) is 0 Å². The maximum absolute atomic E-state index is 11.9. The number of hydrogen-bond acceptors (Lipinski definition) is 3. The van der Waals surface area contributed by atoms with E-state index in [0.29, 0.717) is 0 Å². The summed E-state index contributed by atoms with van der Waals surface area (Å²) in [7, 11) is 1.33. The second-order valence-electron chi connectivity index (χ2n) is 3.23. The first-order valence-corrected chi connectivity index (χ1v) is 6.76. The lowest BCUT2D eigenvalue weighted by Gasteiger charge is -2.11. The van der Waals surface area contributed by atoms with Gasteiger partial charge in [0.25, 0.3) is 0 Å². The van der Waals surface area contributed by atoms with Gasteiger partial charge in [-0.15, -0.1) is 13.2 Å². The van der Waals surface area contributed by atoms with Crippen LogP contribution in [0.15, 0.2) is 24.3 Å². The highest BCUT2D eigenvalue weighted by Gasteiger charge is 2.31. The van der Waals surface area contributed by atoms with Gasteiger partial charge < -0.3 is 4.74 Å². The van der Waals surface area contributed by atoms with E-state index >= 15 is 0 Å². The van der Waals surface area contributed by atoms with E-state index in [1.165, 1.54) is 19.1 Å². The van der Waals surface area contributed by atoms with Crippen molar-refractivity contribution in [3.8, 4) is 5.75 Å². The Hall–Kier alpha value is -0.950. The van der Waals surface area contributed by atoms with E-state index in [0.717, 1.165) is 12.1 Å². The first kappa shape index (κ1) is 14.1. The van der Waals surface area contributed by atoms with E-state index in [-0.39, 0.29) is 5.56 Å². The van der Waals surface area contributed by atoms with Crippen LogP contribution in [0.2, 0.25) is 0 Å². The Morgan fingerprint density at radius 3 is 2.06 bits per heavy atom. The van der Waals surface area contributed by atoms with Gasteiger partial charge in [0.2, 0.25) is 9.05 Å². The van der Waals surface area contributed by atoms with Crippen LogP contribution in [-0.2, 0) is 9.05 Å². The first-order valence-electron chi connectivity index (χ1n) is 4.39. The summed E-state index contributed by atoms with van der Waals surface area (Å²) in [6.07, 6.45) is -4.77. The molecule has 0 bridgehead atoms. The van der Waals surface area contributed by atoms with Crippen molar-refractivity contribution in [3.05, 3.63) is 29.8 Å². The zero-order valence-corrected chi connectivity index (χ0v) is 10.1. The molecule has 0 saturated heterocycles. The Balaban J connectivity index is 2.89. The van der Waals surface area contributed by atoms with Gasteiger partial charge in [-0.25, -0.2) is 8.42 Å². The molecule has 0 radical (unpaired) electrons. The summed E-state index contributed by atoms with van der Waals surface area (Å²) >= 11 is 0. The number of halogens is 4. The molecule has 17 heavy (non-hydrogen) atoms. The second-order valence-corrected chi connectivity index (χ2v) is 6.18. The maximum Gasteiger partial charge on any atom is 0.573 e. The highest BCUT2D eigenvalue weighted by atomic mass is 35.7.